The average molecular weight is 401 g/mol. The Hall–Kier alpha value is -3.14. The Bertz CT molecular complexity index is 961. The number of nitrogens with two attached hydrogens (primary N) is 1. The molecule has 0 fully saturated rings. The van der Waals surface area contributed by atoms with Gasteiger partial charge < -0.3 is 19.6 Å². The predicted octanol–water partition coefficient (Wildman–Crippen LogP) is 3.15. The molecule has 2 N–H and O–H groups in total. The molecule has 0 saturated carbocycles. The highest BCUT2D eigenvalue weighted by Crippen LogP contribution is 2.34. The number of anilines is 1. The fraction of sp³-hybridized carbons (Fsp3) is 0.278. The van der Waals surface area contributed by atoms with Gasteiger partial charge in [-0.2, -0.15) is 0 Å². The molecule has 28 heavy (non-hydrogen) atoms. The monoisotopic (exact) mass is 401 g/mol. The number of rotatable bonds is 7. The van der Waals surface area contributed by atoms with Crippen LogP contribution in [0, 0.1) is 0 Å². The fourth-order valence-electron chi connectivity index (χ4n) is 2.26. The Labute approximate surface area is 165 Å². The molecule has 1 aromatic carbocycles. The van der Waals surface area contributed by atoms with Crippen LogP contribution in [0.25, 0.3) is 11.5 Å². The largest absolute Gasteiger partial charge is 0.497 e. The van der Waals surface area contributed by atoms with Crippen LogP contribution in [0.2, 0.25) is 0 Å². The summed E-state index contributed by atoms with van der Waals surface area (Å²) in [6.45, 7) is 3.85. The summed E-state index contributed by atoms with van der Waals surface area (Å²) in [6.07, 6.45) is 1.35. The van der Waals surface area contributed by atoms with Crippen molar-refractivity contribution < 1.29 is 18.7 Å². The minimum absolute atomic E-state index is 0.0626. The first-order valence-corrected chi connectivity index (χ1v) is 9.34. The first-order valence-electron chi connectivity index (χ1n) is 8.46. The SMILES string of the molecule is CCOC(=O)c1cnc(SC(C)c2nnc(-c3ccc(OC)cc3)o2)nc1N. The quantitative estimate of drug-likeness (QED) is 0.358. The fourth-order valence-corrected chi connectivity index (χ4v) is 3.04. The van der Waals surface area contributed by atoms with E-state index in [2.05, 4.69) is 20.2 Å². The highest BCUT2D eigenvalue weighted by molar-refractivity contribution is 7.99. The maximum atomic E-state index is 11.8. The molecule has 2 aromatic heterocycles. The van der Waals surface area contributed by atoms with Crippen LogP contribution < -0.4 is 10.5 Å². The normalized spacial score (nSPS) is 11.8. The lowest BCUT2D eigenvalue weighted by atomic mass is 10.2. The summed E-state index contributed by atoms with van der Waals surface area (Å²) in [4.78, 5) is 20.1. The van der Waals surface area contributed by atoms with Crippen LogP contribution in [0.1, 0.15) is 35.3 Å². The molecule has 9 nitrogen and oxygen atoms in total. The standard InChI is InChI=1S/C18H19N5O4S/c1-4-26-17(24)13-9-20-18(21-14(13)19)28-10(2)15-22-23-16(27-15)11-5-7-12(25-3)8-6-11/h5-10H,4H2,1-3H3,(H2,19,20,21). The van der Waals surface area contributed by atoms with Gasteiger partial charge in [-0.15, -0.1) is 10.2 Å². The zero-order valence-electron chi connectivity index (χ0n) is 15.6. The van der Waals surface area contributed by atoms with Gasteiger partial charge in [0.25, 0.3) is 0 Å². The summed E-state index contributed by atoms with van der Waals surface area (Å²) in [7, 11) is 1.60. The second-order valence-electron chi connectivity index (χ2n) is 5.61. The number of thioether (sulfide) groups is 1. The van der Waals surface area contributed by atoms with E-state index in [1.165, 1.54) is 18.0 Å². The van der Waals surface area contributed by atoms with Gasteiger partial charge in [0.05, 0.1) is 19.0 Å². The second kappa shape index (κ2) is 8.70. The van der Waals surface area contributed by atoms with Crippen LogP contribution in [0.5, 0.6) is 5.75 Å². The van der Waals surface area contributed by atoms with E-state index in [-0.39, 0.29) is 23.2 Å². The van der Waals surface area contributed by atoms with Gasteiger partial charge in [-0.25, -0.2) is 14.8 Å². The van der Waals surface area contributed by atoms with Crippen molar-refractivity contribution in [3.05, 3.63) is 41.9 Å². The summed E-state index contributed by atoms with van der Waals surface area (Å²) < 4.78 is 15.8. The van der Waals surface area contributed by atoms with Gasteiger partial charge in [0, 0.05) is 11.8 Å². The number of nitrogens with zero attached hydrogens (tertiary/aromatic N) is 4. The number of methoxy groups -OCH3 is 1. The number of aromatic nitrogens is 4. The molecule has 0 bridgehead atoms. The molecule has 3 aromatic rings. The molecule has 2 heterocycles. The summed E-state index contributed by atoms with van der Waals surface area (Å²) in [5, 5.41) is 8.35. The molecule has 0 aliphatic heterocycles. The first kappa shape index (κ1) is 19.6. The third kappa shape index (κ3) is 4.39. The van der Waals surface area contributed by atoms with E-state index in [0.29, 0.717) is 16.9 Å². The van der Waals surface area contributed by atoms with Crippen LogP contribution in [0.4, 0.5) is 5.82 Å². The molecule has 1 atom stereocenters. The van der Waals surface area contributed by atoms with Gasteiger partial charge in [0.2, 0.25) is 11.8 Å². The molecule has 146 valence electrons. The van der Waals surface area contributed by atoms with Crippen molar-refractivity contribution >= 4 is 23.5 Å². The average Bonchev–Trinajstić information content (AvgIpc) is 3.18. The van der Waals surface area contributed by atoms with Crippen molar-refractivity contribution in [3.63, 3.8) is 0 Å². The van der Waals surface area contributed by atoms with Crippen molar-refractivity contribution in [2.75, 3.05) is 19.5 Å². The zero-order valence-corrected chi connectivity index (χ0v) is 16.4. The molecule has 10 heteroatoms. The van der Waals surface area contributed by atoms with Crippen LogP contribution >= 0.6 is 11.8 Å². The van der Waals surface area contributed by atoms with Crippen molar-refractivity contribution in [2.45, 2.75) is 24.3 Å². The molecular formula is C18H19N5O4S. The maximum absolute atomic E-state index is 11.8. The number of esters is 1. The second-order valence-corrected chi connectivity index (χ2v) is 6.91. The molecule has 1 unspecified atom stereocenters. The molecule has 0 spiro atoms. The van der Waals surface area contributed by atoms with E-state index in [0.717, 1.165) is 11.3 Å². The minimum Gasteiger partial charge on any atom is -0.497 e. The third-order valence-corrected chi connectivity index (χ3v) is 4.66. The van der Waals surface area contributed by atoms with Crippen LogP contribution in [-0.4, -0.2) is 39.9 Å². The Morgan fingerprint density at radius 1 is 1.29 bits per heavy atom. The lowest BCUT2D eigenvalue weighted by molar-refractivity contribution is 0.0526. The highest BCUT2D eigenvalue weighted by Gasteiger charge is 2.19. The van der Waals surface area contributed by atoms with Crippen molar-refractivity contribution in [1.82, 2.24) is 20.2 Å². The number of nitrogen functional groups attached to an aromatic ring is 1. The molecule has 0 amide bonds. The summed E-state index contributed by atoms with van der Waals surface area (Å²) in [5.41, 5.74) is 6.77. The van der Waals surface area contributed by atoms with E-state index in [9.17, 15) is 4.79 Å². The number of carbonyl (C=O) groups is 1. The van der Waals surface area contributed by atoms with Gasteiger partial charge in [0.1, 0.15) is 17.1 Å². The molecule has 0 radical (unpaired) electrons. The Morgan fingerprint density at radius 3 is 2.68 bits per heavy atom. The maximum Gasteiger partial charge on any atom is 0.343 e. The smallest absolute Gasteiger partial charge is 0.343 e. The number of hydrogen-bond donors (Lipinski definition) is 1. The van der Waals surface area contributed by atoms with E-state index < -0.39 is 5.97 Å². The van der Waals surface area contributed by atoms with Crippen LogP contribution in [0.3, 0.4) is 0 Å². The van der Waals surface area contributed by atoms with E-state index in [1.54, 1.807) is 14.0 Å². The third-order valence-electron chi connectivity index (χ3n) is 3.70. The van der Waals surface area contributed by atoms with Crippen LogP contribution in [0.15, 0.2) is 40.0 Å². The van der Waals surface area contributed by atoms with Gasteiger partial charge >= 0.3 is 5.97 Å². The topological polar surface area (TPSA) is 126 Å². The lowest BCUT2D eigenvalue weighted by Crippen LogP contribution is -2.10. The number of hydrogen-bond acceptors (Lipinski definition) is 10. The number of carbonyl (C=O) groups excluding carboxylic acids is 1. The molecule has 0 aliphatic carbocycles. The zero-order chi connectivity index (χ0) is 20.1. The van der Waals surface area contributed by atoms with Crippen molar-refractivity contribution in [2.24, 2.45) is 0 Å². The molecule has 3 rings (SSSR count). The molecule has 0 aliphatic rings. The van der Waals surface area contributed by atoms with Gasteiger partial charge in [-0.05, 0) is 38.1 Å². The summed E-state index contributed by atoms with van der Waals surface area (Å²) >= 11 is 1.29. The molecule has 0 saturated heterocycles. The number of ether oxygens (including phenoxy) is 2. The van der Waals surface area contributed by atoms with Gasteiger partial charge in [-0.3, -0.25) is 0 Å². The first-order chi connectivity index (χ1) is 13.5. The Kier molecular flexibility index (Phi) is 6.09. The predicted molar refractivity (Wildman–Crippen MR) is 103 cm³/mol. The van der Waals surface area contributed by atoms with Gasteiger partial charge in [0.15, 0.2) is 5.16 Å². The van der Waals surface area contributed by atoms with E-state index >= 15 is 0 Å². The highest BCUT2D eigenvalue weighted by atomic mass is 32.2. The molecular weight excluding hydrogens is 382 g/mol. The van der Waals surface area contributed by atoms with Crippen molar-refractivity contribution in [1.29, 1.82) is 0 Å². The summed E-state index contributed by atoms with van der Waals surface area (Å²) in [5.74, 6) is 1.09. The lowest BCUT2D eigenvalue weighted by Gasteiger charge is -2.08. The van der Waals surface area contributed by atoms with E-state index in [1.807, 2.05) is 31.2 Å². The minimum atomic E-state index is -0.550. The van der Waals surface area contributed by atoms with E-state index in [4.69, 9.17) is 19.6 Å². The number of benzene rings is 1. The van der Waals surface area contributed by atoms with Gasteiger partial charge in [-0.1, -0.05) is 11.8 Å². The van der Waals surface area contributed by atoms with Crippen LogP contribution in [-0.2, 0) is 4.74 Å². The Morgan fingerprint density at radius 2 is 2.04 bits per heavy atom. The van der Waals surface area contributed by atoms with Crippen molar-refractivity contribution in [3.8, 4) is 17.2 Å². The Balaban J connectivity index is 1.71. The summed E-state index contributed by atoms with van der Waals surface area (Å²) in [6, 6.07) is 7.32.